The van der Waals surface area contributed by atoms with E-state index in [9.17, 15) is 4.79 Å². The van der Waals surface area contributed by atoms with E-state index in [2.05, 4.69) is 5.32 Å². The summed E-state index contributed by atoms with van der Waals surface area (Å²) >= 11 is 5.85. The maximum atomic E-state index is 12.2. The normalized spacial score (nSPS) is 9.65. The number of nitriles is 1. The van der Waals surface area contributed by atoms with E-state index in [4.69, 9.17) is 21.6 Å². The molecule has 0 heterocycles. The van der Waals surface area contributed by atoms with E-state index >= 15 is 0 Å². The number of methoxy groups -OCH3 is 1. The van der Waals surface area contributed by atoms with Gasteiger partial charge in [0.05, 0.1) is 24.3 Å². The van der Waals surface area contributed by atoms with Gasteiger partial charge in [0.2, 0.25) is 0 Å². The number of nitrogens with zero attached hydrogens (tertiary/aromatic N) is 1. The molecule has 0 bridgehead atoms. The molecule has 0 aromatic heterocycles. The van der Waals surface area contributed by atoms with E-state index in [1.807, 2.05) is 6.07 Å². The minimum absolute atomic E-state index is 0.325. The van der Waals surface area contributed by atoms with Gasteiger partial charge in [-0.25, -0.2) is 0 Å². The van der Waals surface area contributed by atoms with Crippen molar-refractivity contribution in [2.24, 2.45) is 0 Å². The maximum Gasteiger partial charge on any atom is 0.259 e. The van der Waals surface area contributed by atoms with Crippen LogP contribution in [-0.2, 0) is 0 Å². The molecule has 5 heteroatoms. The summed E-state index contributed by atoms with van der Waals surface area (Å²) in [5, 5.41) is 12.0. The van der Waals surface area contributed by atoms with Crippen LogP contribution in [0.25, 0.3) is 0 Å². The fraction of sp³-hybridized carbons (Fsp3) is 0.0667. The molecule has 0 saturated carbocycles. The number of ether oxygens (including phenoxy) is 1. The van der Waals surface area contributed by atoms with Crippen molar-refractivity contribution in [3.05, 3.63) is 58.6 Å². The third-order valence-electron chi connectivity index (χ3n) is 2.66. The molecule has 0 fully saturated rings. The van der Waals surface area contributed by atoms with E-state index in [0.717, 1.165) is 0 Å². The van der Waals surface area contributed by atoms with Crippen LogP contribution in [0, 0.1) is 11.3 Å². The molecule has 0 aliphatic rings. The Balaban J connectivity index is 2.26. The molecule has 0 spiro atoms. The van der Waals surface area contributed by atoms with Gasteiger partial charge in [-0.3, -0.25) is 4.79 Å². The van der Waals surface area contributed by atoms with Gasteiger partial charge in [-0.15, -0.1) is 0 Å². The molecular weight excluding hydrogens is 276 g/mol. The first kappa shape index (κ1) is 13.9. The molecule has 2 aromatic carbocycles. The number of anilines is 1. The first-order chi connectivity index (χ1) is 9.63. The highest BCUT2D eigenvalue weighted by Crippen LogP contribution is 2.24. The molecule has 0 aliphatic heterocycles. The average molecular weight is 287 g/mol. The Hall–Kier alpha value is -2.51. The number of carbonyl (C=O) groups is 1. The predicted molar refractivity (Wildman–Crippen MR) is 77.1 cm³/mol. The largest absolute Gasteiger partial charge is 0.496 e. The standard InChI is InChI=1S/C15H11ClN2O2/c1-20-14-8-11(16)5-6-13(14)15(19)18-12-4-2-3-10(7-12)9-17/h2-8H,1H3,(H,18,19). The minimum atomic E-state index is -0.325. The molecule has 0 radical (unpaired) electrons. The number of amides is 1. The molecule has 0 saturated heterocycles. The molecular formula is C15H11ClN2O2. The van der Waals surface area contributed by atoms with E-state index in [1.165, 1.54) is 7.11 Å². The lowest BCUT2D eigenvalue weighted by atomic mass is 10.1. The van der Waals surface area contributed by atoms with Gasteiger partial charge >= 0.3 is 0 Å². The second-order valence-corrected chi connectivity index (χ2v) is 4.43. The van der Waals surface area contributed by atoms with Crippen molar-refractivity contribution in [2.75, 3.05) is 12.4 Å². The Bertz CT molecular complexity index is 693. The highest BCUT2D eigenvalue weighted by molar-refractivity contribution is 6.31. The molecule has 100 valence electrons. The lowest BCUT2D eigenvalue weighted by Crippen LogP contribution is -2.13. The van der Waals surface area contributed by atoms with Crippen LogP contribution in [0.5, 0.6) is 5.75 Å². The van der Waals surface area contributed by atoms with E-state index in [-0.39, 0.29) is 5.91 Å². The summed E-state index contributed by atoms with van der Waals surface area (Å²) in [6.45, 7) is 0. The minimum Gasteiger partial charge on any atom is -0.496 e. The van der Waals surface area contributed by atoms with Crippen LogP contribution >= 0.6 is 11.6 Å². The number of carbonyl (C=O) groups excluding carboxylic acids is 1. The number of hydrogen-bond acceptors (Lipinski definition) is 3. The second-order valence-electron chi connectivity index (χ2n) is 3.99. The Morgan fingerprint density at radius 1 is 1.30 bits per heavy atom. The molecule has 0 unspecified atom stereocenters. The SMILES string of the molecule is COc1cc(Cl)ccc1C(=O)Nc1cccc(C#N)c1. The van der Waals surface area contributed by atoms with E-state index in [0.29, 0.717) is 27.6 Å². The highest BCUT2D eigenvalue weighted by Gasteiger charge is 2.13. The molecule has 1 N–H and O–H groups in total. The first-order valence-corrected chi connectivity index (χ1v) is 6.17. The van der Waals surface area contributed by atoms with Crippen LogP contribution in [-0.4, -0.2) is 13.0 Å². The molecule has 0 atom stereocenters. The van der Waals surface area contributed by atoms with Crippen LogP contribution in [0.2, 0.25) is 5.02 Å². The van der Waals surface area contributed by atoms with Crippen LogP contribution in [0.15, 0.2) is 42.5 Å². The zero-order valence-electron chi connectivity index (χ0n) is 10.7. The van der Waals surface area contributed by atoms with Crippen molar-refractivity contribution in [1.82, 2.24) is 0 Å². The van der Waals surface area contributed by atoms with Crippen molar-refractivity contribution >= 4 is 23.2 Å². The number of rotatable bonds is 3. The van der Waals surface area contributed by atoms with Crippen molar-refractivity contribution in [2.45, 2.75) is 0 Å². The first-order valence-electron chi connectivity index (χ1n) is 5.79. The molecule has 2 aromatic rings. The van der Waals surface area contributed by atoms with Crippen molar-refractivity contribution < 1.29 is 9.53 Å². The Labute approximate surface area is 121 Å². The van der Waals surface area contributed by atoms with Gasteiger partial charge in [0.1, 0.15) is 5.75 Å². The number of benzene rings is 2. The molecule has 20 heavy (non-hydrogen) atoms. The maximum absolute atomic E-state index is 12.2. The monoisotopic (exact) mass is 286 g/mol. The zero-order chi connectivity index (χ0) is 14.5. The highest BCUT2D eigenvalue weighted by atomic mass is 35.5. The van der Waals surface area contributed by atoms with Gasteiger partial charge in [0.15, 0.2) is 0 Å². The third-order valence-corrected chi connectivity index (χ3v) is 2.89. The van der Waals surface area contributed by atoms with Crippen LogP contribution in [0.3, 0.4) is 0 Å². The van der Waals surface area contributed by atoms with Gasteiger partial charge in [-0.2, -0.15) is 5.26 Å². The smallest absolute Gasteiger partial charge is 0.259 e. The summed E-state index contributed by atoms with van der Waals surface area (Å²) in [7, 11) is 1.47. The van der Waals surface area contributed by atoms with Gasteiger partial charge < -0.3 is 10.1 Å². The zero-order valence-corrected chi connectivity index (χ0v) is 11.4. The molecule has 0 aliphatic carbocycles. The Morgan fingerprint density at radius 3 is 2.80 bits per heavy atom. The summed E-state index contributed by atoms with van der Waals surface area (Å²) < 4.78 is 5.13. The fourth-order valence-electron chi connectivity index (χ4n) is 1.72. The number of nitrogens with one attached hydrogen (secondary N) is 1. The molecule has 2 rings (SSSR count). The van der Waals surface area contributed by atoms with Gasteiger partial charge in [-0.05, 0) is 36.4 Å². The lowest BCUT2D eigenvalue weighted by molar-refractivity contribution is 0.102. The summed E-state index contributed by atoms with van der Waals surface area (Å²) in [5.41, 5.74) is 1.40. The van der Waals surface area contributed by atoms with Crippen LogP contribution in [0.1, 0.15) is 15.9 Å². The van der Waals surface area contributed by atoms with Crippen LogP contribution < -0.4 is 10.1 Å². The van der Waals surface area contributed by atoms with Gasteiger partial charge in [0.25, 0.3) is 5.91 Å². The van der Waals surface area contributed by atoms with E-state index in [1.54, 1.807) is 42.5 Å². The fourth-order valence-corrected chi connectivity index (χ4v) is 1.88. The second kappa shape index (κ2) is 6.09. The van der Waals surface area contributed by atoms with Gasteiger partial charge in [0, 0.05) is 10.7 Å². The average Bonchev–Trinajstić information content (AvgIpc) is 2.47. The predicted octanol–water partition coefficient (Wildman–Crippen LogP) is 3.47. The quantitative estimate of drug-likeness (QED) is 0.939. The van der Waals surface area contributed by atoms with Crippen molar-refractivity contribution in [1.29, 1.82) is 5.26 Å². The lowest BCUT2D eigenvalue weighted by Gasteiger charge is -2.09. The Morgan fingerprint density at radius 2 is 2.10 bits per heavy atom. The summed E-state index contributed by atoms with van der Waals surface area (Å²) in [5.74, 6) is 0.0695. The molecule has 4 nitrogen and oxygen atoms in total. The van der Waals surface area contributed by atoms with Crippen molar-refractivity contribution in [3.8, 4) is 11.8 Å². The summed E-state index contributed by atoms with van der Waals surface area (Å²) in [6.07, 6.45) is 0. The topological polar surface area (TPSA) is 62.1 Å². The van der Waals surface area contributed by atoms with E-state index < -0.39 is 0 Å². The summed E-state index contributed by atoms with van der Waals surface area (Å²) in [6, 6.07) is 13.5. The molecule has 1 amide bonds. The number of hydrogen-bond donors (Lipinski definition) is 1. The third kappa shape index (κ3) is 3.08. The van der Waals surface area contributed by atoms with Gasteiger partial charge in [-0.1, -0.05) is 17.7 Å². The van der Waals surface area contributed by atoms with Crippen LogP contribution in [0.4, 0.5) is 5.69 Å². The summed E-state index contributed by atoms with van der Waals surface area (Å²) in [4.78, 5) is 12.2. The number of halogens is 1. The van der Waals surface area contributed by atoms with Crippen molar-refractivity contribution in [3.63, 3.8) is 0 Å². The Kier molecular flexibility index (Phi) is 4.24.